The number of amides is 2. The van der Waals surface area contributed by atoms with Crippen molar-refractivity contribution >= 4 is 27.7 Å². The Morgan fingerprint density at radius 1 is 1.23 bits per heavy atom. The van der Waals surface area contributed by atoms with E-state index in [4.69, 9.17) is 9.47 Å². The first kappa shape index (κ1) is 18.3. The van der Waals surface area contributed by atoms with Gasteiger partial charge in [-0.05, 0) is 41.4 Å². The molecule has 2 amide bonds. The van der Waals surface area contributed by atoms with Gasteiger partial charge >= 0.3 is 0 Å². The van der Waals surface area contributed by atoms with Crippen LogP contribution in [0.1, 0.15) is 30.6 Å². The highest BCUT2D eigenvalue weighted by Crippen LogP contribution is 2.35. The molecule has 0 aliphatic carbocycles. The first-order valence-electron chi connectivity index (χ1n) is 6.94. The van der Waals surface area contributed by atoms with Gasteiger partial charge in [0.25, 0.3) is 5.91 Å². The van der Waals surface area contributed by atoms with Crippen molar-refractivity contribution in [1.29, 1.82) is 0 Å². The molecule has 122 valence electrons. The van der Waals surface area contributed by atoms with E-state index in [0.29, 0.717) is 28.1 Å². The quantitative estimate of drug-likeness (QED) is 0.768. The van der Waals surface area contributed by atoms with Crippen molar-refractivity contribution in [1.82, 2.24) is 10.6 Å². The second kappa shape index (κ2) is 8.63. The van der Waals surface area contributed by atoms with E-state index in [0.717, 1.165) is 6.42 Å². The lowest BCUT2D eigenvalue weighted by atomic mass is 10.1. The van der Waals surface area contributed by atoms with Gasteiger partial charge in [0.15, 0.2) is 0 Å². The van der Waals surface area contributed by atoms with Crippen LogP contribution in [-0.4, -0.2) is 38.6 Å². The molecule has 0 aliphatic heterocycles. The smallest absolute Gasteiger partial charge is 0.252 e. The van der Waals surface area contributed by atoms with Crippen molar-refractivity contribution in [3.8, 4) is 11.5 Å². The third-order valence-electron chi connectivity index (χ3n) is 3.00. The lowest BCUT2D eigenvalue weighted by molar-refractivity contribution is -0.122. The van der Waals surface area contributed by atoms with Crippen LogP contribution in [0.15, 0.2) is 16.6 Å². The number of methoxy groups -OCH3 is 2. The van der Waals surface area contributed by atoms with E-state index >= 15 is 0 Å². The zero-order valence-electron chi connectivity index (χ0n) is 13.2. The van der Waals surface area contributed by atoms with E-state index in [1.165, 1.54) is 14.2 Å². The molecular formula is C15H21BrN2O4. The van der Waals surface area contributed by atoms with Crippen LogP contribution in [0.2, 0.25) is 0 Å². The maximum atomic E-state index is 12.3. The summed E-state index contributed by atoms with van der Waals surface area (Å²) in [5.41, 5.74) is 0.354. The molecule has 0 aromatic heterocycles. The van der Waals surface area contributed by atoms with Crippen molar-refractivity contribution in [2.24, 2.45) is 0 Å². The average molecular weight is 373 g/mol. The van der Waals surface area contributed by atoms with Gasteiger partial charge in [-0.25, -0.2) is 0 Å². The lowest BCUT2D eigenvalue weighted by Crippen LogP contribution is -2.45. The molecule has 1 aromatic rings. The zero-order chi connectivity index (χ0) is 16.7. The number of rotatable bonds is 7. The highest BCUT2D eigenvalue weighted by Gasteiger charge is 2.19. The van der Waals surface area contributed by atoms with Gasteiger partial charge in [0.1, 0.15) is 22.0 Å². The number of carbonyl (C=O) groups is 2. The largest absolute Gasteiger partial charge is 0.495 e. The average Bonchev–Trinajstić information content (AvgIpc) is 2.52. The van der Waals surface area contributed by atoms with Gasteiger partial charge in [-0.15, -0.1) is 0 Å². The Morgan fingerprint density at radius 3 is 2.23 bits per heavy atom. The van der Waals surface area contributed by atoms with Gasteiger partial charge in [-0.2, -0.15) is 0 Å². The summed E-state index contributed by atoms with van der Waals surface area (Å²) < 4.78 is 11.0. The van der Waals surface area contributed by atoms with Crippen LogP contribution < -0.4 is 20.1 Å². The molecule has 0 fully saturated rings. The maximum absolute atomic E-state index is 12.3. The van der Waals surface area contributed by atoms with Crippen molar-refractivity contribution in [3.05, 3.63) is 22.2 Å². The van der Waals surface area contributed by atoms with Gasteiger partial charge in [0, 0.05) is 12.1 Å². The highest BCUT2D eigenvalue weighted by molar-refractivity contribution is 9.10. The van der Waals surface area contributed by atoms with E-state index in [-0.39, 0.29) is 11.8 Å². The topological polar surface area (TPSA) is 76.7 Å². The molecule has 6 nitrogen and oxygen atoms in total. The van der Waals surface area contributed by atoms with Crippen molar-refractivity contribution in [2.45, 2.75) is 26.3 Å². The predicted octanol–water partition coefficient (Wildman–Crippen LogP) is 2.11. The summed E-state index contributed by atoms with van der Waals surface area (Å²) in [6.45, 7) is 4.18. The first-order valence-corrected chi connectivity index (χ1v) is 7.74. The summed E-state index contributed by atoms with van der Waals surface area (Å²) in [6.07, 6.45) is 0.841. The first-order chi connectivity index (χ1) is 10.4. The fourth-order valence-corrected chi connectivity index (χ4v) is 2.30. The third kappa shape index (κ3) is 4.62. The van der Waals surface area contributed by atoms with Crippen LogP contribution in [0, 0.1) is 0 Å². The van der Waals surface area contributed by atoms with Crippen LogP contribution in [0.3, 0.4) is 0 Å². The molecule has 0 bridgehead atoms. The summed E-state index contributed by atoms with van der Waals surface area (Å²) in [5, 5.41) is 5.38. The Labute approximate surface area is 138 Å². The number of nitrogens with one attached hydrogen (secondary N) is 2. The summed E-state index contributed by atoms with van der Waals surface area (Å²) in [6, 6.07) is 2.54. The predicted molar refractivity (Wildman–Crippen MR) is 87.5 cm³/mol. The van der Waals surface area contributed by atoms with Crippen LogP contribution in [-0.2, 0) is 4.79 Å². The maximum Gasteiger partial charge on any atom is 0.252 e. The van der Waals surface area contributed by atoms with E-state index in [1.54, 1.807) is 19.1 Å². The molecule has 0 heterocycles. The Morgan fingerprint density at radius 2 is 1.77 bits per heavy atom. The number of ether oxygens (including phenoxy) is 2. The van der Waals surface area contributed by atoms with E-state index < -0.39 is 6.04 Å². The van der Waals surface area contributed by atoms with Gasteiger partial charge in [0.2, 0.25) is 5.91 Å². The van der Waals surface area contributed by atoms with Crippen LogP contribution in [0.4, 0.5) is 0 Å². The molecule has 0 saturated carbocycles. The number of hydrogen-bond acceptors (Lipinski definition) is 4. The van der Waals surface area contributed by atoms with Crippen molar-refractivity contribution in [3.63, 3.8) is 0 Å². The Balaban J connectivity index is 2.87. The van der Waals surface area contributed by atoms with Crippen molar-refractivity contribution < 1.29 is 19.1 Å². The molecule has 1 aromatic carbocycles. The second-order valence-corrected chi connectivity index (χ2v) is 5.47. The number of halogens is 1. The molecule has 2 N–H and O–H groups in total. The molecule has 1 rings (SSSR count). The molecule has 22 heavy (non-hydrogen) atoms. The van der Waals surface area contributed by atoms with Crippen LogP contribution >= 0.6 is 15.9 Å². The molecule has 1 atom stereocenters. The van der Waals surface area contributed by atoms with Gasteiger partial charge in [-0.1, -0.05) is 6.92 Å². The summed E-state index contributed by atoms with van der Waals surface area (Å²) in [4.78, 5) is 24.0. The minimum Gasteiger partial charge on any atom is -0.495 e. The molecule has 7 heteroatoms. The summed E-state index contributed by atoms with van der Waals surface area (Å²) in [7, 11) is 3.00. The van der Waals surface area contributed by atoms with Crippen molar-refractivity contribution in [2.75, 3.05) is 20.8 Å². The molecule has 1 unspecified atom stereocenters. The fraction of sp³-hybridized carbons (Fsp3) is 0.467. The minimum absolute atomic E-state index is 0.216. The summed E-state index contributed by atoms with van der Waals surface area (Å²) >= 11 is 3.34. The second-order valence-electron chi connectivity index (χ2n) is 4.68. The molecule has 0 aliphatic rings. The lowest BCUT2D eigenvalue weighted by Gasteiger charge is -2.15. The molecule has 0 saturated heterocycles. The van der Waals surface area contributed by atoms with Gasteiger partial charge in [0.05, 0.1) is 14.2 Å². The normalized spacial score (nSPS) is 11.5. The van der Waals surface area contributed by atoms with E-state index in [2.05, 4.69) is 26.6 Å². The Kier molecular flexibility index (Phi) is 7.17. The Bertz CT molecular complexity index is 523. The fourth-order valence-electron chi connectivity index (χ4n) is 1.75. The standard InChI is InChI=1S/C15H21BrN2O4/c1-5-6-17-14(19)9(2)18-15(20)10-7-11(21-3)13(16)12(8-10)22-4/h7-9H,5-6H2,1-4H3,(H,17,19)(H,18,20). The molecule has 0 radical (unpaired) electrons. The number of benzene rings is 1. The van der Waals surface area contributed by atoms with Crippen LogP contribution in [0.25, 0.3) is 0 Å². The third-order valence-corrected chi connectivity index (χ3v) is 3.78. The van der Waals surface area contributed by atoms with E-state index in [9.17, 15) is 9.59 Å². The highest BCUT2D eigenvalue weighted by atomic mass is 79.9. The molecular weight excluding hydrogens is 352 g/mol. The SMILES string of the molecule is CCCNC(=O)C(C)NC(=O)c1cc(OC)c(Br)c(OC)c1. The molecule has 0 spiro atoms. The van der Waals surface area contributed by atoms with Crippen LogP contribution in [0.5, 0.6) is 11.5 Å². The monoisotopic (exact) mass is 372 g/mol. The number of carbonyl (C=O) groups excluding carboxylic acids is 2. The minimum atomic E-state index is -0.625. The summed E-state index contributed by atoms with van der Waals surface area (Å²) in [5.74, 6) is 0.370. The number of hydrogen-bond donors (Lipinski definition) is 2. The van der Waals surface area contributed by atoms with E-state index in [1.807, 2.05) is 6.92 Å². The Hall–Kier alpha value is -1.76. The van der Waals surface area contributed by atoms with Gasteiger partial charge < -0.3 is 20.1 Å². The van der Waals surface area contributed by atoms with Gasteiger partial charge in [-0.3, -0.25) is 9.59 Å². The zero-order valence-corrected chi connectivity index (χ0v) is 14.7.